The van der Waals surface area contributed by atoms with Crippen molar-refractivity contribution in [2.75, 3.05) is 6.54 Å². The Hall–Kier alpha value is -1.03. The molecule has 0 aliphatic carbocycles. The number of halogens is 3. The normalized spacial score (nSPS) is 11.1. The SMILES string of the molecule is CC(C)NCCCc1ccc(F)c(F)c1F. The van der Waals surface area contributed by atoms with Gasteiger partial charge in [-0.05, 0) is 31.0 Å². The molecule has 0 fully saturated rings. The van der Waals surface area contributed by atoms with Crippen LogP contribution in [-0.4, -0.2) is 12.6 Å². The van der Waals surface area contributed by atoms with E-state index in [9.17, 15) is 13.2 Å². The second kappa shape index (κ2) is 5.89. The Morgan fingerprint density at radius 1 is 1.12 bits per heavy atom. The Morgan fingerprint density at radius 3 is 2.44 bits per heavy atom. The molecule has 1 aromatic rings. The van der Waals surface area contributed by atoms with Crippen LogP contribution in [0.2, 0.25) is 0 Å². The maximum Gasteiger partial charge on any atom is 0.194 e. The zero-order chi connectivity index (χ0) is 12.1. The minimum absolute atomic E-state index is 0.226. The Bertz CT molecular complexity index is 350. The van der Waals surface area contributed by atoms with Gasteiger partial charge >= 0.3 is 0 Å². The average Bonchev–Trinajstić information content (AvgIpc) is 2.23. The van der Waals surface area contributed by atoms with Crippen LogP contribution in [-0.2, 0) is 6.42 Å². The van der Waals surface area contributed by atoms with Gasteiger partial charge in [-0.2, -0.15) is 0 Å². The molecule has 16 heavy (non-hydrogen) atoms. The summed E-state index contributed by atoms with van der Waals surface area (Å²) in [5, 5.41) is 3.17. The molecule has 0 bridgehead atoms. The molecule has 4 heteroatoms. The Kier molecular flexibility index (Phi) is 4.80. The second-order valence-electron chi connectivity index (χ2n) is 4.05. The molecule has 0 radical (unpaired) electrons. The van der Waals surface area contributed by atoms with E-state index in [-0.39, 0.29) is 5.56 Å². The minimum atomic E-state index is -1.38. The van der Waals surface area contributed by atoms with Crippen LogP contribution in [0, 0.1) is 17.5 Å². The summed E-state index contributed by atoms with van der Waals surface area (Å²) in [6, 6.07) is 2.63. The third kappa shape index (κ3) is 3.52. The van der Waals surface area contributed by atoms with Gasteiger partial charge in [0.15, 0.2) is 17.5 Å². The molecule has 90 valence electrons. The van der Waals surface area contributed by atoms with Crippen molar-refractivity contribution < 1.29 is 13.2 Å². The lowest BCUT2D eigenvalue weighted by atomic mass is 10.1. The van der Waals surface area contributed by atoms with Gasteiger partial charge < -0.3 is 5.32 Å². The Labute approximate surface area is 93.7 Å². The van der Waals surface area contributed by atoms with Gasteiger partial charge in [-0.25, -0.2) is 13.2 Å². The summed E-state index contributed by atoms with van der Waals surface area (Å²) in [6.45, 7) is 4.76. The zero-order valence-electron chi connectivity index (χ0n) is 9.49. The summed E-state index contributed by atoms with van der Waals surface area (Å²) in [7, 11) is 0. The molecule has 0 aliphatic rings. The highest BCUT2D eigenvalue weighted by Crippen LogP contribution is 2.16. The smallest absolute Gasteiger partial charge is 0.194 e. The van der Waals surface area contributed by atoms with Gasteiger partial charge in [-0.15, -0.1) is 0 Å². The van der Waals surface area contributed by atoms with Gasteiger partial charge in [0.25, 0.3) is 0 Å². The molecule has 0 amide bonds. The summed E-state index contributed by atoms with van der Waals surface area (Å²) >= 11 is 0. The highest BCUT2D eigenvalue weighted by atomic mass is 19.2. The summed E-state index contributed by atoms with van der Waals surface area (Å²) in [6.07, 6.45) is 1.10. The van der Waals surface area contributed by atoms with Crippen molar-refractivity contribution in [1.29, 1.82) is 0 Å². The van der Waals surface area contributed by atoms with Gasteiger partial charge in [0.1, 0.15) is 0 Å². The molecule has 0 unspecified atom stereocenters. The summed E-state index contributed by atoms with van der Waals surface area (Å²) < 4.78 is 38.7. The van der Waals surface area contributed by atoms with Gasteiger partial charge in [0.2, 0.25) is 0 Å². The lowest BCUT2D eigenvalue weighted by Crippen LogP contribution is -2.24. The second-order valence-corrected chi connectivity index (χ2v) is 4.05. The van der Waals surface area contributed by atoms with Crippen molar-refractivity contribution in [3.63, 3.8) is 0 Å². The van der Waals surface area contributed by atoms with Gasteiger partial charge in [0.05, 0.1) is 0 Å². The highest BCUT2D eigenvalue weighted by Gasteiger charge is 2.12. The van der Waals surface area contributed by atoms with Gasteiger partial charge in [0, 0.05) is 6.04 Å². The molecule has 0 aromatic heterocycles. The van der Waals surface area contributed by atoms with E-state index in [2.05, 4.69) is 5.32 Å². The van der Waals surface area contributed by atoms with E-state index in [0.29, 0.717) is 18.9 Å². The molecule has 1 aromatic carbocycles. The van der Waals surface area contributed by atoms with Crippen LogP contribution in [0.4, 0.5) is 13.2 Å². The topological polar surface area (TPSA) is 12.0 Å². The summed E-state index contributed by atoms with van der Waals surface area (Å²) in [5.41, 5.74) is 0.226. The van der Waals surface area contributed by atoms with E-state index in [1.54, 1.807) is 0 Å². The number of hydrogen-bond acceptors (Lipinski definition) is 1. The summed E-state index contributed by atoms with van der Waals surface area (Å²) in [4.78, 5) is 0. The molecule has 0 atom stereocenters. The Morgan fingerprint density at radius 2 is 1.81 bits per heavy atom. The standard InChI is InChI=1S/C12H16F3N/c1-8(2)16-7-3-4-9-5-6-10(13)12(15)11(9)14/h5-6,8,16H,3-4,7H2,1-2H3. The average molecular weight is 231 g/mol. The maximum atomic E-state index is 13.2. The number of nitrogens with one attached hydrogen (secondary N) is 1. The predicted molar refractivity (Wildman–Crippen MR) is 57.8 cm³/mol. The first-order valence-electron chi connectivity index (χ1n) is 5.38. The van der Waals surface area contributed by atoms with Gasteiger partial charge in [-0.1, -0.05) is 19.9 Å². The number of benzene rings is 1. The van der Waals surface area contributed by atoms with Crippen molar-refractivity contribution in [2.24, 2.45) is 0 Å². The molecule has 0 saturated heterocycles. The van der Waals surface area contributed by atoms with E-state index in [1.807, 2.05) is 13.8 Å². The largest absolute Gasteiger partial charge is 0.315 e. The molecule has 1 nitrogen and oxygen atoms in total. The molecule has 0 saturated carbocycles. The lowest BCUT2D eigenvalue weighted by molar-refractivity contribution is 0.439. The lowest BCUT2D eigenvalue weighted by Gasteiger charge is -2.08. The fourth-order valence-electron chi connectivity index (χ4n) is 1.43. The van der Waals surface area contributed by atoms with E-state index >= 15 is 0 Å². The van der Waals surface area contributed by atoms with Crippen molar-refractivity contribution in [2.45, 2.75) is 32.7 Å². The molecule has 1 N–H and O–H groups in total. The molecular formula is C12H16F3N. The third-order valence-electron chi connectivity index (χ3n) is 2.29. The van der Waals surface area contributed by atoms with Crippen LogP contribution in [0.1, 0.15) is 25.8 Å². The predicted octanol–water partition coefficient (Wildman–Crippen LogP) is 3.03. The van der Waals surface area contributed by atoms with Crippen LogP contribution in [0.3, 0.4) is 0 Å². The molecule has 0 spiro atoms. The van der Waals surface area contributed by atoms with E-state index in [4.69, 9.17) is 0 Å². The maximum absolute atomic E-state index is 13.2. The summed E-state index contributed by atoms with van der Waals surface area (Å²) in [5.74, 6) is -3.58. The fraction of sp³-hybridized carbons (Fsp3) is 0.500. The van der Waals surface area contributed by atoms with Crippen molar-refractivity contribution in [3.05, 3.63) is 35.1 Å². The first kappa shape index (κ1) is 13.0. The van der Waals surface area contributed by atoms with Crippen molar-refractivity contribution in [1.82, 2.24) is 5.32 Å². The van der Waals surface area contributed by atoms with Crippen LogP contribution in [0.15, 0.2) is 12.1 Å². The number of aryl methyl sites for hydroxylation is 1. The zero-order valence-corrected chi connectivity index (χ0v) is 9.49. The third-order valence-corrected chi connectivity index (χ3v) is 2.29. The quantitative estimate of drug-likeness (QED) is 0.606. The van der Waals surface area contributed by atoms with Gasteiger partial charge in [-0.3, -0.25) is 0 Å². The monoisotopic (exact) mass is 231 g/mol. The van der Waals surface area contributed by atoms with E-state index in [0.717, 1.165) is 12.6 Å². The fourth-order valence-corrected chi connectivity index (χ4v) is 1.43. The van der Waals surface area contributed by atoms with E-state index < -0.39 is 17.5 Å². The van der Waals surface area contributed by atoms with Crippen LogP contribution >= 0.6 is 0 Å². The van der Waals surface area contributed by atoms with Crippen LogP contribution in [0.5, 0.6) is 0 Å². The first-order valence-corrected chi connectivity index (χ1v) is 5.38. The van der Waals surface area contributed by atoms with Crippen molar-refractivity contribution >= 4 is 0 Å². The number of rotatable bonds is 5. The van der Waals surface area contributed by atoms with Crippen LogP contribution in [0.25, 0.3) is 0 Å². The molecule has 1 rings (SSSR count). The van der Waals surface area contributed by atoms with E-state index in [1.165, 1.54) is 6.07 Å². The Balaban J connectivity index is 2.52. The highest BCUT2D eigenvalue weighted by molar-refractivity contribution is 5.20. The number of hydrogen-bond donors (Lipinski definition) is 1. The first-order chi connectivity index (χ1) is 7.52. The molecule has 0 heterocycles. The molecule has 0 aliphatic heterocycles. The van der Waals surface area contributed by atoms with Crippen LogP contribution < -0.4 is 5.32 Å². The van der Waals surface area contributed by atoms with Crippen molar-refractivity contribution in [3.8, 4) is 0 Å². The minimum Gasteiger partial charge on any atom is -0.315 e. The molecular weight excluding hydrogens is 215 g/mol.